The summed E-state index contributed by atoms with van der Waals surface area (Å²) in [6, 6.07) is 4.89. The van der Waals surface area contributed by atoms with E-state index in [1.807, 2.05) is 0 Å². The van der Waals surface area contributed by atoms with Crippen LogP contribution in [0.4, 0.5) is 18.9 Å². The molecule has 1 aromatic heterocycles. The lowest BCUT2D eigenvalue weighted by Crippen LogP contribution is -2.22. The van der Waals surface area contributed by atoms with Crippen LogP contribution in [0.1, 0.15) is 6.92 Å². The van der Waals surface area contributed by atoms with Gasteiger partial charge in [-0.1, -0.05) is 11.8 Å². The minimum absolute atomic E-state index is 0.314. The molecule has 1 heterocycles. The minimum atomic E-state index is -4.74. The third kappa shape index (κ3) is 4.95. The molecule has 2 N–H and O–H groups in total. The zero-order valence-corrected chi connectivity index (χ0v) is 12.0. The Morgan fingerprint density at radius 1 is 1.36 bits per heavy atom. The van der Waals surface area contributed by atoms with Crippen molar-refractivity contribution in [3.8, 4) is 5.75 Å². The lowest BCUT2D eigenvalue weighted by Gasteiger charge is -2.12. The molecule has 1 unspecified atom stereocenters. The highest BCUT2D eigenvalue weighted by molar-refractivity contribution is 8.00. The quantitative estimate of drug-likeness (QED) is 0.823. The van der Waals surface area contributed by atoms with Crippen LogP contribution in [0, 0.1) is 0 Å². The molecule has 0 aliphatic heterocycles. The molecule has 10 heteroatoms. The average Bonchev–Trinajstić information content (AvgIpc) is 2.92. The van der Waals surface area contributed by atoms with Crippen LogP contribution in [0.2, 0.25) is 0 Å². The first kappa shape index (κ1) is 16.1. The highest BCUT2D eigenvalue weighted by Crippen LogP contribution is 2.25. The van der Waals surface area contributed by atoms with Crippen molar-refractivity contribution < 1.29 is 22.7 Å². The third-order valence-corrected chi connectivity index (χ3v) is 3.39. The molecular formula is C12H11F3N4O2S. The van der Waals surface area contributed by atoms with Crippen molar-refractivity contribution in [3.05, 3.63) is 30.6 Å². The fourth-order valence-corrected chi connectivity index (χ4v) is 2.17. The number of thioether (sulfide) groups is 1. The number of aromatic amines is 1. The van der Waals surface area contributed by atoms with Crippen LogP contribution in [0.25, 0.3) is 0 Å². The number of alkyl halides is 3. The number of rotatable bonds is 5. The molecule has 1 aromatic carbocycles. The van der Waals surface area contributed by atoms with Gasteiger partial charge < -0.3 is 10.1 Å². The molecule has 2 rings (SSSR count). The van der Waals surface area contributed by atoms with Gasteiger partial charge >= 0.3 is 6.36 Å². The number of H-pyrrole nitrogens is 1. The van der Waals surface area contributed by atoms with Gasteiger partial charge in [-0.3, -0.25) is 9.89 Å². The Morgan fingerprint density at radius 3 is 2.59 bits per heavy atom. The second-order valence-electron chi connectivity index (χ2n) is 4.11. The van der Waals surface area contributed by atoms with E-state index >= 15 is 0 Å². The number of benzene rings is 1. The molecule has 0 radical (unpaired) electrons. The van der Waals surface area contributed by atoms with Crippen LogP contribution in [0.3, 0.4) is 0 Å². The van der Waals surface area contributed by atoms with E-state index in [4.69, 9.17) is 0 Å². The normalized spacial score (nSPS) is 12.7. The van der Waals surface area contributed by atoms with Gasteiger partial charge in [0.15, 0.2) is 5.16 Å². The van der Waals surface area contributed by atoms with Gasteiger partial charge in [0.2, 0.25) is 5.91 Å². The Kier molecular flexibility index (Phi) is 4.91. The molecule has 0 aliphatic rings. The summed E-state index contributed by atoms with van der Waals surface area (Å²) in [6.07, 6.45) is -3.42. The van der Waals surface area contributed by atoms with Crippen LogP contribution in [0.15, 0.2) is 35.7 Å². The molecular weight excluding hydrogens is 321 g/mol. The van der Waals surface area contributed by atoms with E-state index in [0.29, 0.717) is 10.8 Å². The fraction of sp³-hybridized carbons (Fsp3) is 0.250. The minimum Gasteiger partial charge on any atom is -0.406 e. The maximum Gasteiger partial charge on any atom is 0.573 e. The first-order valence-corrected chi connectivity index (χ1v) is 6.90. The number of hydrogen-bond donors (Lipinski definition) is 2. The van der Waals surface area contributed by atoms with E-state index in [9.17, 15) is 18.0 Å². The summed E-state index contributed by atoms with van der Waals surface area (Å²) in [4.78, 5) is 15.8. The number of amides is 1. The second kappa shape index (κ2) is 6.69. The van der Waals surface area contributed by atoms with Crippen LogP contribution in [-0.4, -0.2) is 32.7 Å². The summed E-state index contributed by atoms with van der Waals surface area (Å²) in [7, 11) is 0. The SMILES string of the molecule is CC(Sc1ncn[nH]1)C(=O)Nc1ccc(OC(F)(F)F)cc1. The van der Waals surface area contributed by atoms with Gasteiger partial charge in [-0.05, 0) is 31.2 Å². The van der Waals surface area contributed by atoms with Crippen molar-refractivity contribution in [2.45, 2.75) is 23.7 Å². The molecule has 118 valence electrons. The summed E-state index contributed by atoms with van der Waals surface area (Å²) in [5, 5.41) is 8.90. The maximum absolute atomic E-state index is 12.0. The van der Waals surface area contributed by atoms with Crippen LogP contribution >= 0.6 is 11.8 Å². The topological polar surface area (TPSA) is 79.9 Å². The number of nitrogens with zero attached hydrogens (tertiary/aromatic N) is 2. The molecule has 1 amide bonds. The molecule has 0 saturated carbocycles. The lowest BCUT2D eigenvalue weighted by atomic mass is 10.3. The molecule has 0 bridgehead atoms. The number of hydrogen-bond acceptors (Lipinski definition) is 5. The van der Waals surface area contributed by atoms with Crippen LogP contribution in [-0.2, 0) is 4.79 Å². The van der Waals surface area contributed by atoms with E-state index < -0.39 is 11.6 Å². The predicted octanol–water partition coefficient (Wildman–Crippen LogP) is 2.82. The van der Waals surface area contributed by atoms with Crippen LogP contribution < -0.4 is 10.1 Å². The lowest BCUT2D eigenvalue weighted by molar-refractivity contribution is -0.274. The molecule has 1 atom stereocenters. The van der Waals surface area contributed by atoms with E-state index in [1.54, 1.807) is 6.92 Å². The largest absolute Gasteiger partial charge is 0.573 e. The van der Waals surface area contributed by atoms with Gasteiger partial charge in [0.05, 0.1) is 5.25 Å². The first-order valence-electron chi connectivity index (χ1n) is 6.02. The maximum atomic E-state index is 12.0. The molecule has 0 spiro atoms. The molecule has 6 nitrogen and oxygen atoms in total. The Balaban J connectivity index is 1.91. The molecule has 0 fully saturated rings. The number of carbonyl (C=O) groups excluding carboxylic acids is 1. The zero-order chi connectivity index (χ0) is 16.2. The molecule has 2 aromatic rings. The van der Waals surface area contributed by atoms with Gasteiger partial charge in [0.1, 0.15) is 12.1 Å². The first-order chi connectivity index (χ1) is 10.3. The summed E-state index contributed by atoms with van der Waals surface area (Å²) in [5.74, 6) is -0.666. The zero-order valence-electron chi connectivity index (χ0n) is 11.2. The van der Waals surface area contributed by atoms with Crippen molar-refractivity contribution in [2.24, 2.45) is 0 Å². The second-order valence-corrected chi connectivity index (χ2v) is 5.44. The van der Waals surface area contributed by atoms with Crippen molar-refractivity contribution >= 4 is 23.4 Å². The number of carbonyl (C=O) groups is 1. The number of ether oxygens (including phenoxy) is 1. The Labute approximate surface area is 127 Å². The van der Waals surface area contributed by atoms with Crippen molar-refractivity contribution in [1.29, 1.82) is 0 Å². The highest BCUT2D eigenvalue weighted by atomic mass is 32.2. The molecule has 0 aliphatic carbocycles. The molecule has 0 saturated heterocycles. The van der Waals surface area contributed by atoms with Crippen LogP contribution in [0.5, 0.6) is 5.75 Å². The number of halogens is 3. The van der Waals surface area contributed by atoms with Crippen molar-refractivity contribution in [2.75, 3.05) is 5.32 Å². The number of anilines is 1. The average molecular weight is 332 g/mol. The van der Waals surface area contributed by atoms with E-state index in [1.165, 1.54) is 30.2 Å². The summed E-state index contributed by atoms with van der Waals surface area (Å²) >= 11 is 1.17. The Bertz CT molecular complexity index is 616. The molecule has 22 heavy (non-hydrogen) atoms. The smallest absolute Gasteiger partial charge is 0.406 e. The third-order valence-electron chi connectivity index (χ3n) is 2.41. The van der Waals surface area contributed by atoms with E-state index in [0.717, 1.165) is 12.1 Å². The van der Waals surface area contributed by atoms with Gasteiger partial charge in [-0.25, -0.2) is 4.98 Å². The van der Waals surface area contributed by atoms with Crippen molar-refractivity contribution in [3.63, 3.8) is 0 Å². The predicted molar refractivity (Wildman–Crippen MR) is 73.5 cm³/mol. The van der Waals surface area contributed by atoms with Gasteiger partial charge in [-0.15, -0.1) is 13.2 Å². The van der Waals surface area contributed by atoms with E-state index in [2.05, 4.69) is 25.2 Å². The number of nitrogens with one attached hydrogen (secondary N) is 2. The monoisotopic (exact) mass is 332 g/mol. The number of aromatic nitrogens is 3. The van der Waals surface area contributed by atoms with Gasteiger partial charge in [-0.2, -0.15) is 5.10 Å². The summed E-state index contributed by atoms with van der Waals surface area (Å²) in [6.45, 7) is 1.67. The fourth-order valence-electron chi connectivity index (χ4n) is 1.46. The highest BCUT2D eigenvalue weighted by Gasteiger charge is 2.31. The Hall–Kier alpha value is -2.23. The van der Waals surface area contributed by atoms with E-state index in [-0.39, 0.29) is 11.7 Å². The van der Waals surface area contributed by atoms with Gasteiger partial charge in [0, 0.05) is 5.69 Å². The summed E-state index contributed by atoms with van der Waals surface area (Å²) in [5.41, 5.74) is 0.365. The van der Waals surface area contributed by atoms with Gasteiger partial charge in [0.25, 0.3) is 0 Å². The summed E-state index contributed by atoms with van der Waals surface area (Å²) < 4.78 is 39.8. The Morgan fingerprint density at radius 2 is 2.05 bits per heavy atom. The van der Waals surface area contributed by atoms with Crippen molar-refractivity contribution in [1.82, 2.24) is 15.2 Å². The standard InChI is InChI=1S/C12H11F3N4O2S/c1-7(22-11-16-6-17-19-11)10(20)18-8-2-4-9(5-3-8)21-12(13,14)15/h2-7H,1H3,(H,18,20)(H,16,17,19).